The molecule has 19 heavy (non-hydrogen) atoms. The van der Waals surface area contributed by atoms with Crippen molar-refractivity contribution in [1.82, 2.24) is 10.4 Å². The fourth-order valence-corrected chi connectivity index (χ4v) is 0.335. The molecule has 0 aromatic carbocycles. The van der Waals surface area contributed by atoms with Crippen molar-refractivity contribution in [1.29, 1.82) is 0 Å². The van der Waals surface area contributed by atoms with Crippen LogP contribution in [0.5, 0.6) is 0 Å². The molecule has 0 saturated carbocycles. The van der Waals surface area contributed by atoms with Crippen LogP contribution in [-0.4, -0.2) is 84.0 Å². The molecule has 0 rings (SSSR count). The van der Waals surface area contributed by atoms with Gasteiger partial charge in [0.2, 0.25) is 0 Å². The van der Waals surface area contributed by atoms with E-state index in [0.717, 1.165) is 13.1 Å². The molecule has 0 aliphatic heterocycles. The molecule has 0 heterocycles. The number of hydrogen-bond donors (Lipinski definition) is 5. The molecule has 0 aromatic rings. The topological polar surface area (TPSA) is 125 Å². The Morgan fingerprint density at radius 1 is 1.16 bits per heavy atom. The highest BCUT2D eigenvalue weighted by Gasteiger charge is 1.84. The fraction of sp³-hybridized carbons (Fsp3) is 1.00. The molecule has 0 unspecified atom stereocenters. The van der Waals surface area contributed by atoms with Crippen LogP contribution < -0.4 is 11.1 Å². The molecule has 0 saturated heterocycles. The molecule has 0 aliphatic carbocycles. The summed E-state index contributed by atoms with van der Waals surface area (Å²) in [6.07, 6.45) is 3.28. The summed E-state index contributed by atoms with van der Waals surface area (Å²) in [5.41, 5.74) is 4.78. The van der Waals surface area contributed by atoms with E-state index in [2.05, 4.69) is 5.32 Å². The van der Waals surface area contributed by atoms with Gasteiger partial charge in [0.1, 0.15) is 0 Å². The van der Waals surface area contributed by atoms with Gasteiger partial charge >= 0.3 is 0 Å². The summed E-state index contributed by atoms with van der Waals surface area (Å²) in [7, 11) is 1.80. The summed E-state index contributed by atoms with van der Waals surface area (Å²) >= 11 is -0.611. The van der Waals surface area contributed by atoms with E-state index in [1.165, 1.54) is 5.06 Å². The lowest BCUT2D eigenvalue weighted by Gasteiger charge is -2.05. The van der Waals surface area contributed by atoms with Crippen molar-refractivity contribution in [2.45, 2.75) is 13.8 Å². The van der Waals surface area contributed by atoms with Crippen LogP contribution in [0.4, 0.5) is 0 Å². The molecule has 0 aromatic heterocycles. The van der Waals surface area contributed by atoms with Gasteiger partial charge in [0.25, 0.3) is 0 Å². The Morgan fingerprint density at radius 3 is 1.47 bits per heavy atom. The van der Waals surface area contributed by atoms with E-state index < -0.39 is 11.2 Å². The van der Waals surface area contributed by atoms with Crippen molar-refractivity contribution in [3.8, 4) is 0 Å². The molecule has 122 valence electrons. The third-order valence-electron chi connectivity index (χ3n) is 1.22. The summed E-state index contributed by atoms with van der Waals surface area (Å²) < 4.78 is 9.56. The average Bonchev–Trinajstić information content (AvgIpc) is 2.39. The van der Waals surface area contributed by atoms with Crippen LogP contribution in [0.1, 0.15) is 13.8 Å². The maximum absolute atomic E-state index is 9.56. The second kappa shape index (κ2) is 30.8. The number of rotatable bonds is 5. The smallest absolute Gasteiger partial charge is 0.0946 e. The van der Waals surface area contributed by atoms with Crippen molar-refractivity contribution in [2.24, 2.45) is 5.73 Å². The van der Waals surface area contributed by atoms with Gasteiger partial charge in [-0.25, -0.2) is 0 Å². The fourth-order valence-electron chi connectivity index (χ4n) is 0.335. The number of hydroxylamine groups is 2. The first-order valence-electron chi connectivity index (χ1n) is 6.12. The van der Waals surface area contributed by atoms with Crippen LogP contribution in [0.3, 0.4) is 0 Å². The van der Waals surface area contributed by atoms with Crippen LogP contribution in [0.15, 0.2) is 0 Å². The van der Waals surface area contributed by atoms with Gasteiger partial charge in [-0.2, -0.15) is 5.06 Å². The normalized spacial score (nSPS) is 8.84. The average molecular weight is 303 g/mol. The van der Waals surface area contributed by atoms with Gasteiger partial charge in [-0.05, 0) is 7.05 Å². The number of likely N-dealkylation sites (N-methyl/N-ethyl adjacent to an activating group) is 1. The second-order valence-corrected chi connectivity index (χ2v) is 4.70. The Kier molecular flexibility index (Phi) is 44.5. The standard InChI is InChI=1S/C4H11NO.C3H9NO.C2H7NO.C2H6OS/c1-3-5(6)4-2;1-4-2-3-5;3-1-2-4;1-4(2)3/h6H,3-4H2,1-2H3;4-5H,2-3H2,1H3;4H,1-3H2;1-2H3. The molecule has 0 fully saturated rings. The minimum absolute atomic E-state index is 0.0972. The summed E-state index contributed by atoms with van der Waals surface area (Å²) in [6, 6.07) is 0. The third-order valence-corrected chi connectivity index (χ3v) is 1.22. The highest BCUT2D eigenvalue weighted by atomic mass is 32.2. The predicted octanol–water partition coefficient (Wildman–Crippen LogP) is -1.15. The molecule has 7 nitrogen and oxygen atoms in total. The molecule has 0 spiro atoms. The number of aliphatic hydroxyl groups is 2. The van der Waals surface area contributed by atoms with E-state index in [9.17, 15) is 4.55 Å². The summed E-state index contributed by atoms with van der Waals surface area (Å²) in [4.78, 5) is 0. The Hall–Kier alpha value is 0.0700. The quantitative estimate of drug-likeness (QED) is 0.321. The van der Waals surface area contributed by atoms with Crippen molar-refractivity contribution < 1.29 is 20.0 Å². The van der Waals surface area contributed by atoms with E-state index in [1.54, 1.807) is 19.6 Å². The first-order valence-corrected chi connectivity index (χ1v) is 8.09. The molecule has 0 bridgehead atoms. The zero-order chi connectivity index (χ0) is 16.1. The highest BCUT2D eigenvalue weighted by Crippen LogP contribution is 1.73. The van der Waals surface area contributed by atoms with Gasteiger partial charge in [0.05, 0.1) is 25.7 Å². The van der Waals surface area contributed by atoms with Gasteiger partial charge in [0, 0.05) is 26.2 Å². The van der Waals surface area contributed by atoms with Gasteiger partial charge in [-0.1, -0.05) is 25.0 Å². The summed E-state index contributed by atoms with van der Waals surface area (Å²) in [5.74, 6) is 0. The van der Waals surface area contributed by atoms with Gasteiger partial charge < -0.3 is 31.0 Å². The van der Waals surface area contributed by atoms with Crippen LogP contribution in [0.25, 0.3) is 0 Å². The largest absolute Gasteiger partial charge is 0.617 e. The zero-order valence-electron chi connectivity index (χ0n) is 12.9. The lowest BCUT2D eigenvalue weighted by atomic mass is 10.6. The molecule has 8 heteroatoms. The molecule has 0 radical (unpaired) electrons. The first kappa shape index (κ1) is 27.4. The third kappa shape index (κ3) is 93.4. The van der Waals surface area contributed by atoms with E-state index in [-0.39, 0.29) is 13.2 Å². The summed E-state index contributed by atoms with van der Waals surface area (Å²) in [5, 5.41) is 28.3. The zero-order valence-corrected chi connectivity index (χ0v) is 13.7. The maximum Gasteiger partial charge on any atom is 0.0946 e. The lowest BCUT2D eigenvalue weighted by Crippen LogP contribution is -2.16. The van der Waals surface area contributed by atoms with Crippen LogP contribution in [-0.2, 0) is 11.2 Å². The Balaban J connectivity index is -0.0000000803. The Labute approximate surface area is 120 Å². The molecular formula is C11H33N3O4S. The van der Waals surface area contributed by atoms with Crippen LogP contribution in [0, 0.1) is 0 Å². The predicted molar refractivity (Wildman–Crippen MR) is 81.9 cm³/mol. The number of nitrogens with two attached hydrogens (primary N) is 1. The van der Waals surface area contributed by atoms with Crippen molar-refractivity contribution in [2.75, 3.05) is 59.0 Å². The minimum Gasteiger partial charge on any atom is -0.617 e. The number of nitrogens with zero attached hydrogens (tertiary/aromatic N) is 1. The number of aliphatic hydroxyl groups excluding tert-OH is 2. The SMILES string of the molecule is CCN(O)CC.CNCCO.C[S+](C)[O-].NCCO. The van der Waals surface area contributed by atoms with Gasteiger partial charge in [0.15, 0.2) is 0 Å². The number of nitrogens with one attached hydrogen (secondary N) is 1. The highest BCUT2D eigenvalue weighted by molar-refractivity contribution is 7.89. The molecule has 0 aliphatic rings. The molecule has 6 N–H and O–H groups in total. The van der Waals surface area contributed by atoms with Crippen molar-refractivity contribution >= 4 is 11.2 Å². The van der Waals surface area contributed by atoms with Gasteiger partial charge in [-0.3, -0.25) is 0 Å². The molecule has 0 amide bonds. The molecule has 0 atom stereocenters. The van der Waals surface area contributed by atoms with Gasteiger partial charge in [-0.15, -0.1) is 0 Å². The van der Waals surface area contributed by atoms with Crippen molar-refractivity contribution in [3.63, 3.8) is 0 Å². The molecular weight excluding hydrogens is 270 g/mol. The van der Waals surface area contributed by atoms with Crippen LogP contribution in [0.2, 0.25) is 0 Å². The Morgan fingerprint density at radius 2 is 1.47 bits per heavy atom. The minimum atomic E-state index is -0.611. The summed E-state index contributed by atoms with van der Waals surface area (Å²) in [6.45, 7) is 6.65. The van der Waals surface area contributed by atoms with E-state index in [0.29, 0.717) is 13.1 Å². The van der Waals surface area contributed by atoms with E-state index in [1.807, 2.05) is 13.8 Å². The monoisotopic (exact) mass is 303 g/mol. The van der Waals surface area contributed by atoms with Crippen molar-refractivity contribution in [3.05, 3.63) is 0 Å². The second-order valence-electron chi connectivity index (χ2n) is 3.22. The van der Waals surface area contributed by atoms with E-state index in [4.69, 9.17) is 21.2 Å². The lowest BCUT2D eigenvalue weighted by molar-refractivity contribution is -0.0813. The number of hydrogen-bond acceptors (Lipinski definition) is 7. The van der Waals surface area contributed by atoms with E-state index >= 15 is 0 Å². The van der Waals surface area contributed by atoms with Crippen LogP contribution >= 0.6 is 0 Å². The maximum atomic E-state index is 9.56. The first-order chi connectivity index (χ1) is 8.87. The Bertz CT molecular complexity index is 113.